The Hall–Kier alpha value is -3.67. The first-order valence-electron chi connectivity index (χ1n) is 11.5. The van der Waals surface area contributed by atoms with Gasteiger partial charge in [0.15, 0.2) is 11.5 Å². The molecule has 3 aromatic heterocycles. The standard InChI is InChI=1S/C24H20F5N5O5S2.ClH/c1-10(30)21(37)39-9-34-14(12-4-5-13(25)17(18(12)26)24(27,28)29)8-41-22(34)31-15(35)6-11-7-40-20-16(11)19(36)32(2)23(38)33(20)3;/h4-5,7-8,10H,6,9,30H2,1-3H3;1H/b31-22-;/t10-;/m0./s1. The van der Waals surface area contributed by atoms with Crippen molar-refractivity contribution in [1.82, 2.24) is 13.7 Å². The van der Waals surface area contributed by atoms with Crippen LogP contribution in [-0.2, 0) is 47.7 Å². The van der Waals surface area contributed by atoms with Gasteiger partial charge in [-0.3, -0.25) is 28.1 Å². The first-order valence-corrected chi connectivity index (χ1v) is 13.3. The van der Waals surface area contributed by atoms with Crippen LogP contribution in [0, 0.1) is 11.6 Å². The number of aryl methyl sites for hydroxylation is 1. The van der Waals surface area contributed by atoms with Crippen molar-refractivity contribution >= 4 is 57.2 Å². The molecule has 0 aliphatic heterocycles. The Kier molecular flexibility index (Phi) is 9.61. The number of carbonyl (C=O) groups is 2. The largest absolute Gasteiger partial charge is 0.443 e. The number of aromatic nitrogens is 3. The smallest absolute Gasteiger partial charge is 0.422 e. The number of thiazole rings is 1. The maximum atomic E-state index is 15.0. The molecule has 3 heterocycles. The third kappa shape index (κ3) is 6.08. The van der Waals surface area contributed by atoms with Crippen LogP contribution in [0.5, 0.6) is 0 Å². The minimum absolute atomic E-state index is 0. The number of rotatable bonds is 6. The molecule has 226 valence electrons. The lowest BCUT2D eigenvalue weighted by Gasteiger charge is -2.15. The van der Waals surface area contributed by atoms with Gasteiger partial charge < -0.3 is 10.5 Å². The third-order valence-corrected chi connectivity index (χ3v) is 7.93. The van der Waals surface area contributed by atoms with Crippen molar-refractivity contribution in [1.29, 1.82) is 0 Å². The normalized spacial score (nSPS) is 12.8. The Morgan fingerprint density at radius 2 is 1.76 bits per heavy atom. The minimum Gasteiger partial charge on any atom is -0.443 e. The quantitative estimate of drug-likeness (QED) is 0.252. The third-order valence-electron chi connectivity index (χ3n) is 5.96. The van der Waals surface area contributed by atoms with Gasteiger partial charge in [-0.2, -0.15) is 18.2 Å². The number of fused-ring (bicyclic) bond motifs is 1. The van der Waals surface area contributed by atoms with Gasteiger partial charge in [0.05, 0.1) is 17.5 Å². The molecular weight excluding hydrogens is 633 g/mol. The molecule has 0 fully saturated rings. The monoisotopic (exact) mass is 653 g/mol. The van der Waals surface area contributed by atoms with Crippen LogP contribution in [0.15, 0.2) is 37.5 Å². The molecule has 1 aromatic carbocycles. The van der Waals surface area contributed by atoms with Crippen molar-refractivity contribution in [2.24, 2.45) is 24.8 Å². The molecule has 4 aromatic rings. The molecule has 0 bridgehead atoms. The van der Waals surface area contributed by atoms with E-state index < -0.39 is 71.3 Å². The van der Waals surface area contributed by atoms with Crippen LogP contribution in [0.4, 0.5) is 22.0 Å². The van der Waals surface area contributed by atoms with Gasteiger partial charge in [-0.1, -0.05) is 0 Å². The number of alkyl halides is 3. The van der Waals surface area contributed by atoms with Crippen molar-refractivity contribution in [3.63, 3.8) is 0 Å². The fraction of sp³-hybridized carbons (Fsp3) is 0.292. The highest BCUT2D eigenvalue weighted by atomic mass is 35.5. The molecule has 0 saturated carbocycles. The van der Waals surface area contributed by atoms with Crippen LogP contribution in [0.2, 0.25) is 0 Å². The summed E-state index contributed by atoms with van der Waals surface area (Å²) in [5.74, 6) is -5.45. The highest BCUT2D eigenvalue weighted by Crippen LogP contribution is 2.37. The van der Waals surface area contributed by atoms with Gasteiger partial charge in [-0.15, -0.1) is 35.1 Å². The SMILES string of the molecule is C[C@H](N)C(=O)OCn1c(-c2ccc(F)c(C(F)(F)F)c2F)cs/c1=N\C(=O)Cc1csc2c1c(=O)n(C)c(=O)n2C.Cl. The van der Waals surface area contributed by atoms with Crippen molar-refractivity contribution in [2.45, 2.75) is 32.3 Å². The number of benzene rings is 1. The molecule has 0 saturated heterocycles. The lowest BCUT2D eigenvalue weighted by molar-refractivity contribution is -0.148. The topological polar surface area (TPSA) is 131 Å². The minimum atomic E-state index is -5.35. The molecule has 0 aliphatic carbocycles. The predicted molar refractivity (Wildman–Crippen MR) is 146 cm³/mol. The Labute approximate surface area is 246 Å². The number of hydrogen-bond acceptors (Lipinski definition) is 8. The number of nitrogens with two attached hydrogens (primary N) is 1. The molecule has 10 nitrogen and oxygen atoms in total. The van der Waals surface area contributed by atoms with Crippen LogP contribution in [-0.4, -0.2) is 31.6 Å². The van der Waals surface area contributed by atoms with Gasteiger partial charge in [0.1, 0.15) is 28.1 Å². The summed E-state index contributed by atoms with van der Waals surface area (Å²) < 4.78 is 77.1. The summed E-state index contributed by atoms with van der Waals surface area (Å²) in [5, 5.41) is 2.82. The van der Waals surface area contributed by atoms with E-state index in [1.165, 1.54) is 31.0 Å². The number of halogens is 6. The Bertz CT molecular complexity index is 1890. The van der Waals surface area contributed by atoms with Crippen LogP contribution in [0.1, 0.15) is 18.1 Å². The fourth-order valence-corrected chi connectivity index (χ4v) is 5.82. The summed E-state index contributed by atoms with van der Waals surface area (Å²) in [6.45, 7) is 0.602. The van der Waals surface area contributed by atoms with E-state index in [4.69, 9.17) is 10.5 Å². The average Bonchev–Trinajstić information content (AvgIpc) is 3.48. The zero-order valence-corrected chi connectivity index (χ0v) is 24.3. The van der Waals surface area contributed by atoms with E-state index in [1.807, 2.05) is 0 Å². The molecule has 0 radical (unpaired) electrons. The molecule has 1 amide bonds. The number of esters is 1. The van der Waals surface area contributed by atoms with Crippen LogP contribution < -0.4 is 21.8 Å². The molecule has 1 atom stereocenters. The first-order chi connectivity index (χ1) is 19.1. The molecular formula is C24H21ClF5N5O5S2. The number of hydrogen-bond donors (Lipinski definition) is 1. The summed E-state index contributed by atoms with van der Waals surface area (Å²) in [5.41, 5.74) is 1.51. The van der Waals surface area contributed by atoms with Crippen LogP contribution >= 0.6 is 35.1 Å². The molecule has 0 spiro atoms. The fourth-order valence-electron chi connectivity index (χ4n) is 3.89. The molecule has 4 rings (SSSR count). The molecule has 0 aliphatic rings. The van der Waals surface area contributed by atoms with E-state index in [2.05, 4.69) is 4.99 Å². The number of nitrogens with zero attached hydrogens (tertiary/aromatic N) is 4. The van der Waals surface area contributed by atoms with E-state index in [1.54, 1.807) is 0 Å². The number of ether oxygens (including phenoxy) is 1. The van der Waals surface area contributed by atoms with Crippen LogP contribution in [0.3, 0.4) is 0 Å². The Morgan fingerprint density at radius 1 is 1.10 bits per heavy atom. The summed E-state index contributed by atoms with van der Waals surface area (Å²) in [6, 6.07) is 0.133. The summed E-state index contributed by atoms with van der Waals surface area (Å²) in [4.78, 5) is 53.9. The van der Waals surface area contributed by atoms with Crippen molar-refractivity contribution in [2.75, 3.05) is 0 Å². The Morgan fingerprint density at radius 3 is 2.38 bits per heavy atom. The van der Waals surface area contributed by atoms with E-state index in [0.717, 1.165) is 31.9 Å². The van der Waals surface area contributed by atoms with Gasteiger partial charge in [-0.05, 0) is 30.0 Å². The van der Waals surface area contributed by atoms with Crippen molar-refractivity contribution in [3.8, 4) is 11.3 Å². The molecule has 2 N–H and O–H groups in total. The lowest BCUT2D eigenvalue weighted by Crippen LogP contribution is -2.36. The maximum absolute atomic E-state index is 15.0. The van der Waals surface area contributed by atoms with Gasteiger partial charge in [0, 0.05) is 25.0 Å². The highest BCUT2D eigenvalue weighted by Gasteiger charge is 2.39. The maximum Gasteiger partial charge on any atom is 0.422 e. The van der Waals surface area contributed by atoms with E-state index in [9.17, 15) is 41.1 Å². The number of amides is 1. The predicted octanol–water partition coefficient (Wildman–Crippen LogP) is 3.07. The number of thiophene rings is 1. The summed E-state index contributed by atoms with van der Waals surface area (Å²) >= 11 is 1.78. The molecule has 42 heavy (non-hydrogen) atoms. The second-order valence-electron chi connectivity index (χ2n) is 8.82. The molecule has 0 unspecified atom stereocenters. The second-order valence-corrected chi connectivity index (χ2v) is 10.5. The van der Waals surface area contributed by atoms with E-state index in [0.29, 0.717) is 22.2 Å². The zero-order valence-electron chi connectivity index (χ0n) is 21.8. The highest BCUT2D eigenvalue weighted by molar-refractivity contribution is 7.17. The van der Waals surface area contributed by atoms with Crippen LogP contribution in [0.25, 0.3) is 21.5 Å². The van der Waals surface area contributed by atoms with Crippen molar-refractivity contribution in [3.05, 3.63) is 71.3 Å². The second kappa shape index (κ2) is 12.3. The average molecular weight is 654 g/mol. The number of carbonyl (C=O) groups excluding carboxylic acids is 2. The van der Waals surface area contributed by atoms with Crippen molar-refractivity contribution < 1.29 is 36.3 Å². The first kappa shape index (κ1) is 32.8. The van der Waals surface area contributed by atoms with Gasteiger partial charge in [0.25, 0.3) is 11.5 Å². The van der Waals surface area contributed by atoms with E-state index in [-0.39, 0.29) is 33.9 Å². The zero-order chi connectivity index (χ0) is 30.4. The molecule has 18 heteroatoms. The van der Waals surface area contributed by atoms with Gasteiger partial charge in [-0.25, -0.2) is 13.6 Å². The summed E-state index contributed by atoms with van der Waals surface area (Å²) in [6.07, 6.45) is -5.75. The van der Waals surface area contributed by atoms with Gasteiger partial charge >= 0.3 is 17.8 Å². The Balaban J connectivity index is 0.00000484. The lowest BCUT2D eigenvalue weighted by atomic mass is 10.1. The summed E-state index contributed by atoms with van der Waals surface area (Å²) in [7, 11) is 2.76. The van der Waals surface area contributed by atoms with Gasteiger partial charge in [0.2, 0.25) is 0 Å². The van der Waals surface area contributed by atoms with E-state index >= 15 is 0 Å².